The fraction of sp³-hybridized carbons (Fsp3) is 0.600. The van der Waals surface area contributed by atoms with Crippen LogP contribution in [0.15, 0.2) is 6.20 Å². The largest absolute Gasteiger partial charge is 0.345 e. The molecule has 17 heavy (non-hydrogen) atoms. The Labute approximate surface area is 103 Å². The van der Waals surface area contributed by atoms with Crippen molar-refractivity contribution in [1.29, 1.82) is 0 Å². The van der Waals surface area contributed by atoms with Gasteiger partial charge >= 0.3 is 5.00 Å². The lowest BCUT2D eigenvalue weighted by Crippen LogP contribution is -2.10. The van der Waals surface area contributed by atoms with Crippen molar-refractivity contribution in [1.82, 2.24) is 4.98 Å². The lowest BCUT2D eigenvalue weighted by atomic mass is 10.1. The third-order valence-corrected chi connectivity index (χ3v) is 3.04. The van der Waals surface area contributed by atoms with Gasteiger partial charge in [0.15, 0.2) is 5.13 Å². The predicted octanol–water partition coefficient (Wildman–Crippen LogP) is 2.96. The molecule has 1 heterocycles. The Bertz CT molecular complexity index is 392. The highest BCUT2D eigenvalue weighted by Crippen LogP contribution is 2.25. The number of hydrogen-bond donors (Lipinski definition) is 1. The van der Waals surface area contributed by atoms with Crippen LogP contribution in [-0.2, 0) is 4.79 Å². The van der Waals surface area contributed by atoms with Gasteiger partial charge in [0.05, 0.1) is 4.92 Å². The molecule has 0 fully saturated rings. The second-order valence-electron chi connectivity index (χ2n) is 3.62. The van der Waals surface area contributed by atoms with Crippen LogP contribution in [0.25, 0.3) is 0 Å². The van der Waals surface area contributed by atoms with Crippen LogP contribution in [0.1, 0.15) is 39.0 Å². The lowest BCUT2D eigenvalue weighted by molar-refractivity contribution is -0.380. The molecule has 6 nitrogen and oxygen atoms in total. The van der Waals surface area contributed by atoms with Gasteiger partial charge in [-0.3, -0.25) is 14.9 Å². The topological polar surface area (TPSA) is 85.1 Å². The summed E-state index contributed by atoms with van der Waals surface area (Å²) in [4.78, 5) is 25.1. The molecule has 0 saturated heterocycles. The van der Waals surface area contributed by atoms with Crippen LogP contribution in [0.3, 0.4) is 0 Å². The van der Waals surface area contributed by atoms with Crippen molar-refractivity contribution in [3.05, 3.63) is 16.3 Å². The van der Waals surface area contributed by atoms with E-state index in [1.165, 1.54) is 0 Å². The SMILES string of the molecule is CCCCCCC(=O)Nc1ncc([N+](=O)[O-])s1. The molecule has 1 aromatic heterocycles. The monoisotopic (exact) mass is 257 g/mol. The molecule has 1 amide bonds. The number of aromatic nitrogens is 1. The number of nitrogens with one attached hydrogen (secondary N) is 1. The minimum Gasteiger partial charge on any atom is -0.302 e. The summed E-state index contributed by atoms with van der Waals surface area (Å²) in [5.41, 5.74) is 0. The molecular formula is C10H15N3O3S. The number of anilines is 1. The first-order chi connectivity index (χ1) is 8.13. The highest BCUT2D eigenvalue weighted by molar-refractivity contribution is 7.18. The van der Waals surface area contributed by atoms with Crippen molar-refractivity contribution >= 4 is 27.4 Å². The van der Waals surface area contributed by atoms with Gasteiger partial charge in [-0.2, -0.15) is 0 Å². The molecule has 1 aromatic rings. The fourth-order valence-corrected chi connectivity index (χ4v) is 1.95. The van der Waals surface area contributed by atoms with E-state index < -0.39 is 4.92 Å². The number of carbonyl (C=O) groups excluding carboxylic acids is 1. The van der Waals surface area contributed by atoms with E-state index in [4.69, 9.17) is 0 Å². The molecule has 0 spiro atoms. The Morgan fingerprint density at radius 2 is 2.29 bits per heavy atom. The van der Waals surface area contributed by atoms with Gasteiger partial charge in [-0.25, -0.2) is 4.98 Å². The van der Waals surface area contributed by atoms with Crippen LogP contribution in [0.2, 0.25) is 0 Å². The fourth-order valence-electron chi connectivity index (χ4n) is 1.30. The van der Waals surface area contributed by atoms with Gasteiger partial charge in [-0.1, -0.05) is 26.2 Å². The summed E-state index contributed by atoms with van der Waals surface area (Å²) in [7, 11) is 0. The maximum absolute atomic E-state index is 11.4. The predicted molar refractivity (Wildman–Crippen MR) is 66.2 cm³/mol. The van der Waals surface area contributed by atoms with Gasteiger partial charge in [0.2, 0.25) is 5.91 Å². The van der Waals surface area contributed by atoms with Gasteiger partial charge in [0.25, 0.3) is 0 Å². The van der Waals surface area contributed by atoms with Crippen molar-refractivity contribution in [2.75, 3.05) is 5.32 Å². The molecule has 0 saturated carbocycles. The first-order valence-electron chi connectivity index (χ1n) is 5.53. The molecule has 0 aliphatic heterocycles. The maximum atomic E-state index is 11.4. The summed E-state index contributed by atoms with van der Waals surface area (Å²) in [6.07, 6.45) is 5.70. The van der Waals surface area contributed by atoms with Crippen LogP contribution in [0, 0.1) is 10.1 Å². The highest BCUT2D eigenvalue weighted by atomic mass is 32.1. The molecule has 0 aromatic carbocycles. The number of rotatable bonds is 7. The third-order valence-electron chi connectivity index (χ3n) is 2.18. The van der Waals surface area contributed by atoms with E-state index in [1.807, 2.05) is 0 Å². The second kappa shape index (κ2) is 6.95. The van der Waals surface area contributed by atoms with E-state index in [-0.39, 0.29) is 16.0 Å². The third kappa shape index (κ3) is 4.90. The summed E-state index contributed by atoms with van der Waals surface area (Å²) < 4.78 is 0. The molecule has 94 valence electrons. The van der Waals surface area contributed by atoms with E-state index in [0.717, 1.165) is 43.2 Å². The molecule has 0 aliphatic rings. The summed E-state index contributed by atoms with van der Waals surface area (Å²) in [5.74, 6) is -0.134. The van der Waals surface area contributed by atoms with Crippen molar-refractivity contribution in [2.45, 2.75) is 39.0 Å². The number of amides is 1. The summed E-state index contributed by atoms with van der Waals surface area (Å²) >= 11 is 0.871. The molecule has 1 rings (SSSR count). The average molecular weight is 257 g/mol. The summed E-state index contributed by atoms with van der Waals surface area (Å²) in [6, 6.07) is 0. The van der Waals surface area contributed by atoms with E-state index in [9.17, 15) is 14.9 Å². The van der Waals surface area contributed by atoms with Crippen molar-refractivity contribution in [3.8, 4) is 0 Å². The van der Waals surface area contributed by atoms with Crippen LogP contribution in [-0.4, -0.2) is 15.8 Å². The van der Waals surface area contributed by atoms with Crippen molar-refractivity contribution in [3.63, 3.8) is 0 Å². The standard InChI is InChI=1S/C10H15N3O3S/c1-2-3-4-5-6-8(14)12-10-11-7-9(17-10)13(15)16/h7H,2-6H2,1H3,(H,11,12,14). The zero-order chi connectivity index (χ0) is 12.7. The van der Waals surface area contributed by atoms with E-state index in [0.29, 0.717) is 6.42 Å². The van der Waals surface area contributed by atoms with E-state index in [1.54, 1.807) is 0 Å². The van der Waals surface area contributed by atoms with E-state index >= 15 is 0 Å². The number of carbonyl (C=O) groups is 1. The molecule has 0 radical (unpaired) electrons. The Hall–Kier alpha value is -1.50. The second-order valence-corrected chi connectivity index (χ2v) is 4.63. The highest BCUT2D eigenvalue weighted by Gasteiger charge is 2.12. The summed E-state index contributed by atoms with van der Waals surface area (Å²) in [5, 5.41) is 13.2. The molecule has 7 heteroatoms. The first-order valence-corrected chi connectivity index (χ1v) is 6.35. The van der Waals surface area contributed by atoms with Crippen LogP contribution in [0.5, 0.6) is 0 Å². The molecule has 0 unspecified atom stereocenters. The smallest absolute Gasteiger partial charge is 0.302 e. The Morgan fingerprint density at radius 3 is 2.88 bits per heavy atom. The Kier molecular flexibility index (Phi) is 5.55. The van der Waals surface area contributed by atoms with Gasteiger partial charge in [-0.15, -0.1) is 0 Å². The van der Waals surface area contributed by atoms with Gasteiger partial charge in [-0.05, 0) is 17.8 Å². The zero-order valence-corrected chi connectivity index (χ0v) is 10.5. The van der Waals surface area contributed by atoms with Gasteiger partial charge in [0, 0.05) is 6.42 Å². The van der Waals surface area contributed by atoms with Crippen LogP contribution < -0.4 is 5.32 Å². The van der Waals surface area contributed by atoms with E-state index in [2.05, 4.69) is 17.2 Å². The summed E-state index contributed by atoms with van der Waals surface area (Å²) in [6.45, 7) is 2.11. The van der Waals surface area contributed by atoms with Crippen molar-refractivity contribution < 1.29 is 9.72 Å². The minimum absolute atomic E-state index is 0.0636. The molecule has 0 bridgehead atoms. The molecule has 0 aliphatic carbocycles. The van der Waals surface area contributed by atoms with Gasteiger partial charge < -0.3 is 5.32 Å². The maximum Gasteiger partial charge on any atom is 0.345 e. The minimum atomic E-state index is -0.519. The number of nitro groups is 1. The number of nitrogens with zero attached hydrogens (tertiary/aromatic N) is 2. The first kappa shape index (κ1) is 13.6. The Balaban J connectivity index is 2.32. The molecule has 0 atom stereocenters. The lowest BCUT2D eigenvalue weighted by Gasteiger charge is -2.00. The van der Waals surface area contributed by atoms with Crippen LogP contribution >= 0.6 is 11.3 Å². The quantitative estimate of drug-likeness (QED) is 0.462. The zero-order valence-electron chi connectivity index (χ0n) is 9.64. The number of hydrogen-bond acceptors (Lipinski definition) is 5. The van der Waals surface area contributed by atoms with Crippen molar-refractivity contribution in [2.24, 2.45) is 0 Å². The Morgan fingerprint density at radius 1 is 1.53 bits per heavy atom. The number of thiazole rings is 1. The number of unbranched alkanes of at least 4 members (excludes halogenated alkanes) is 3. The normalized spacial score (nSPS) is 10.2. The molecular weight excluding hydrogens is 242 g/mol. The average Bonchev–Trinajstić information content (AvgIpc) is 2.73. The van der Waals surface area contributed by atoms with Crippen LogP contribution in [0.4, 0.5) is 10.1 Å². The van der Waals surface area contributed by atoms with Gasteiger partial charge in [0.1, 0.15) is 6.20 Å². The molecule has 1 N–H and O–H groups in total.